The molecule has 4 nitrogen and oxygen atoms in total. The fourth-order valence-corrected chi connectivity index (χ4v) is 2.94. The molecule has 4 rings (SSSR count). The quantitative estimate of drug-likeness (QED) is 0.561. The van der Waals surface area contributed by atoms with Crippen molar-refractivity contribution in [3.63, 3.8) is 0 Å². The number of phenols is 2. The third-order valence-corrected chi connectivity index (χ3v) is 4.06. The van der Waals surface area contributed by atoms with Crippen molar-refractivity contribution >= 4 is 17.2 Å². The minimum absolute atomic E-state index is 0.00970. The highest BCUT2D eigenvalue weighted by Gasteiger charge is 2.30. The zero-order chi connectivity index (χ0) is 16.7. The molecule has 1 aliphatic rings. The molecule has 0 spiro atoms. The summed E-state index contributed by atoms with van der Waals surface area (Å²) in [5.74, 6) is -0.117. The number of benzene rings is 3. The van der Waals surface area contributed by atoms with Crippen molar-refractivity contribution in [1.82, 2.24) is 0 Å². The van der Waals surface area contributed by atoms with Crippen LogP contribution in [0.15, 0.2) is 71.7 Å². The number of nitrogens with zero attached hydrogens (tertiary/aromatic N) is 1. The topological polar surface area (TPSA) is 69.9 Å². The summed E-state index contributed by atoms with van der Waals surface area (Å²) in [5.41, 5.74) is 2.82. The van der Waals surface area contributed by atoms with Crippen molar-refractivity contribution in [2.45, 2.75) is 0 Å². The lowest BCUT2D eigenvalue weighted by Gasteiger charge is -2.21. The van der Waals surface area contributed by atoms with Gasteiger partial charge in [0.15, 0.2) is 5.78 Å². The van der Waals surface area contributed by atoms with Crippen LogP contribution in [0, 0.1) is 0 Å². The summed E-state index contributed by atoms with van der Waals surface area (Å²) in [6, 6.07) is 18.7. The average Bonchev–Trinajstić information content (AvgIpc) is 2.60. The van der Waals surface area contributed by atoms with E-state index in [0.717, 1.165) is 0 Å². The van der Waals surface area contributed by atoms with Gasteiger partial charge in [-0.3, -0.25) is 4.79 Å². The summed E-state index contributed by atoms with van der Waals surface area (Å²) in [5, 5.41) is 20.3. The molecule has 24 heavy (non-hydrogen) atoms. The van der Waals surface area contributed by atoms with Gasteiger partial charge in [-0.25, -0.2) is 4.99 Å². The molecule has 0 bridgehead atoms. The molecule has 3 aromatic rings. The highest BCUT2D eigenvalue weighted by molar-refractivity contribution is 6.31. The Bertz CT molecular complexity index is 1010. The van der Waals surface area contributed by atoms with Crippen molar-refractivity contribution in [1.29, 1.82) is 0 Å². The normalized spacial score (nSPS) is 14.3. The number of ketones is 1. The van der Waals surface area contributed by atoms with E-state index < -0.39 is 0 Å². The third kappa shape index (κ3) is 2.08. The lowest BCUT2D eigenvalue weighted by atomic mass is 9.83. The molecule has 0 unspecified atom stereocenters. The molecule has 0 fully saturated rings. The van der Waals surface area contributed by atoms with Crippen LogP contribution in [0.25, 0.3) is 0 Å². The van der Waals surface area contributed by atoms with Crippen molar-refractivity contribution < 1.29 is 15.0 Å². The summed E-state index contributed by atoms with van der Waals surface area (Å²) in [6.45, 7) is 0. The minimum atomic E-state index is -0.146. The molecule has 0 saturated carbocycles. The second-order valence-electron chi connectivity index (χ2n) is 5.52. The first-order valence-corrected chi connectivity index (χ1v) is 7.50. The van der Waals surface area contributed by atoms with Gasteiger partial charge in [0.05, 0.1) is 11.3 Å². The Balaban J connectivity index is 2.06. The van der Waals surface area contributed by atoms with E-state index in [1.54, 1.807) is 54.6 Å². The van der Waals surface area contributed by atoms with E-state index in [9.17, 15) is 15.0 Å². The van der Waals surface area contributed by atoms with Gasteiger partial charge in [0.1, 0.15) is 17.2 Å². The van der Waals surface area contributed by atoms with Crippen LogP contribution in [0.2, 0.25) is 0 Å². The summed E-state index contributed by atoms with van der Waals surface area (Å²) >= 11 is 0. The lowest BCUT2D eigenvalue weighted by molar-refractivity contribution is 0.103. The number of para-hydroxylation sites is 2. The largest absolute Gasteiger partial charge is 0.507 e. The monoisotopic (exact) mass is 315 g/mol. The first kappa shape index (κ1) is 14.2. The van der Waals surface area contributed by atoms with Crippen LogP contribution in [-0.2, 0) is 0 Å². The van der Waals surface area contributed by atoms with E-state index >= 15 is 0 Å². The number of carbonyl (C=O) groups excluding carboxylic acids is 1. The Hall–Kier alpha value is -3.40. The molecule has 0 aliphatic heterocycles. The van der Waals surface area contributed by atoms with Gasteiger partial charge in [0.25, 0.3) is 0 Å². The molecular formula is C20H13NO3. The first-order chi connectivity index (χ1) is 11.7. The average molecular weight is 315 g/mol. The predicted molar refractivity (Wildman–Crippen MR) is 91.4 cm³/mol. The van der Waals surface area contributed by atoms with Crippen LogP contribution in [0.3, 0.4) is 0 Å². The van der Waals surface area contributed by atoms with Gasteiger partial charge in [0.2, 0.25) is 0 Å². The molecule has 0 aromatic heterocycles. The summed E-state index contributed by atoms with van der Waals surface area (Å²) in [4.78, 5) is 17.3. The number of fused-ring (bicyclic) bond motifs is 2. The Morgan fingerprint density at radius 3 is 2.08 bits per heavy atom. The molecule has 2 N–H and O–H groups in total. The molecular weight excluding hydrogens is 302 g/mol. The second kappa shape index (κ2) is 5.35. The van der Waals surface area contributed by atoms with Gasteiger partial charge < -0.3 is 10.2 Å². The van der Waals surface area contributed by atoms with Crippen LogP contribution in [0.5, 0.6) is 11.5 Å². The van der Waals surface area contributed by atoms with Gasteiger partial charge in [-0.1, -0.05) is 48.5 Å². The summed E-state index contributed by atoms with van der Waals surface area (Å²) < 4.78 is 0. The maximum atomic E-state index is 12.7. The lowest BCUT2D eigenvalue weighted by Crippen LogP contribution is -2.21. The zero-order valence-corrected chi connectivity index (χ0v) is 12.6. The third-order valence-electron chi connectivity index (χ3n) is 4.06. The number of aliphatic imine (C=N–C) groups is 1. The fourth-order valence-electron chi connectivity index (χ4n) is 2.94. The number of hydrogen-bond acceptors (Lipinski definition) is 4. The van der Waals surface area contributed by atoms with E-state index in [1.807, 2.05) is 6.07 Å². The maximum absolute atomic E-state index is 12.7. The highest BCUT2D eigenvalue weighted by Crippen LogP contribution is 2.35. The van der Waals surface area contributed by atoms with Crippen LogP contribution in [-0.4, -0.2) is 21.7 Å². The van der Waals surface area contributed by atoms with Gasteiger partial charge in [-0.2, -0.15) is 0 Å². The molecule has 0 amide bonds. The van der Waals surface area contributed by atoms with Crippen LogP contribution in [0.4, 0.5) is 5.69 Å². The Morgan fingerprint density at radius 1 is 0.667 bits per heavy atom. The fraction of sp³-hybridized carbons (Fsp3) is 0. The van der Waals surface area contributed by atoms with Crippen molar-refractivity contribution in [2.75, 3.05) is 0 Å². The van der Waals surface area contributed by atoms with Crippen LogP contribution in [0.1, 0.15) is 27.0 Å². The number of carbonyl (C=O) groups is 1. The van der Waals surface area contributed by atoms with E-state index in [4.69, 9.17) is 0 Å². The number of rotatable bonds is 1. The van der Waals surface area contributed by atoms with E-state index in [2.05, 4.69) is 4.99 Å². The van der Waals surface area contributed by atoms with Crippen molar-refractivity contribution in [3.05, 3.63) is 89.0 Å². The second-order valence-corrected chi connectivity index (χ2v) is 5.52. The Kier molecular flexibility index (Phi) is 3.17. The van der Waals surface area contributed by atoms with Gasteiger partial charge in [-0.15, -0.1) is 0 Å². The molecule has 116 valence electrons. The molecule has 0 radical (unpaired) electrons. The van der Waals surface area contributed by atoms with E-state index in [1.165, 1.54) is 6.07 Å². The zero-order valence-electron chi connectivity index (χ0n) is 12.6. The Morgan fingerprint density at radius 2 is 1.29 bits per heavy atom. The van der Waals surface area contributed by atoms with E-state index in [-0.39, 0.29) is 17.3 Å². The highest BCUT2D eigenvalue weighted by atomic mass is 16.3. The predicted octanol–water partition coefficient (Wildman–Crippen LogP) is 3.81. The number of hydrogen-bond donors (Lipinski definition) is 2. The summed E-state index contributed by atoms with van der Waals surface area (Å²) in [6.07, 6.45) is 0. The van der Waals surface area contributed by atoms with Crippen LogP contribution < -0.4 is 0 Å². The SMILES string of the molecule is O=C1c2ccccc2C(=Nc2ccccc2O)c2c(O)cccc21. The smallest absolute Gasteiger partial charge is 0.194 e. The Labute approximate surface area is 138 Å². The molecule has 0 heterocycles. The molecule has 3 aromatic carbocycles. The van der Waals surface area contributed by atoms with Gasteiger partial charge >= 0.3 is 0 Å². The maximum Gasteiger partial charge on any atom is 0.194 e. The first-order valence-electron chi connectivity index (χ1n) is 7.50. The molecule has 4 heteroatoms. The van der Waals surface area contributed by atoms with Crippen molar-refractivity contribution in [2.24, 2.45) is 4.99 Å². The van der Waals surface area contributed by atoms with Gasteiger partial charge in [-0.05, 0) is 18.2 Å². The summed E-state index contributed by atoms with van der Waals surface area (Å²) in [7, 11) is 0. The van der Waals surface area contributed by atoms with Crippen LogP contribution >= 0.6 is 0 Å². The molecule has 0 atom stereocenters. The van der Waals surface area contributed by atoms with Crippen molar-refractivity contribution in [3.8, 4) is 11.5 Å². The molecule has 1 aliphatic carbocycles. The minimum Gasteiger partial charge on any atom is -0.507 e. The van der Waals surface area contributed by atoms with E-state index in [0.29, 0.717) is 33.7 Å². The number of aromatic hydroxyl groups is 2. The molecule has 0 saturated heterocycles. The standard InChI is InChI=1S/C20H13NO3/c22-16-10-4-3-9-15(16)21-19-12-6-1-2-7-13(12)20(24)14-8-5-11-17(23)18(14)19/h1-11,22-23H. The number of phenolic OH excluding ortho intramolecular Hbond substituents is 2. The van der Waals surface area contributed by atoms with Gasteiger partial charge in [0, 0.05) is 16.7 Å².